The van der Waals surface area contributed by atoms with Gasteiger partial charge in [-0.25, -0.2) is 0 Å². The third kappa shape index (κ3) is 5.56. The van der Waals surface area contributed by atoms with E-state index in [1.54, 1.807) is 7.11 Å². The Morgan fingerprint density at radius 2 is 1.86 bits per heavy atom. The summed E-state index contributed by atoms with van der Waals surface area (Å²) in [5.41, 5.74) is 5.22. The first kappa shape index (κ1) is 26.2. The minimum absolute atomic E-state index is 0.288. The van der Waals surface area contributed by atoms with E-state index < -0.39 is 0 Å². The molecule has 2 atom stereocenters. The largest absolute Gasteiger partial charge is 0.495 e. The molecule has 0 saturated carbocycles. The summed E-state index contributed by atoms with van der Waals surface area (Å²) in [6.45, 7) is 9.85. The van der Waals surface area contributed by atoms with E-state index in [0.717, 1.165) is 57.1 Å². The summed E-state index contributed by atoms with van der Waals surface area (Å²) in [7, 11) is 1.67. The first-order chi connectivity index (χ1) is 18.0. The van der Waals surface area contributed by atoms with Gasteiger partial charge in [0.25, 0.3) is 0 Å². The number of anilines is 1. The molecule has 0 spiro atoms. The summed E-state index contributed by atoms with van der Waals surface area (Å²) in [5, 5.41) is 0.655. The molecule has 3 saturated heterocycles. The Labute approximate surface area is 226 Å². The summed E-state index contributed by atoms with van der Waals surface area (Å²) in [5.74, 6) is 2.00. The zero-order chi connectivity index (χ0) is 25.9. The van der Waals surface area contributed by atoms with Gasteiger partial charge >= 0.3 is 0 Å². The number of benzene rings is 2. The van der Waals surface area contributed by atoms with Crippen molar-refractivity contribution in [1.82, 2.24) is 9.80 Å². The van der Waals surface area contributed by atoms with Crippen molar-refractivity contribution in [1.29, 1.82) is 0 Å². The first-order valence-electron chi connectivity index (χ1n) is 13.8. The molecule has 3 aliphatic heterocycles. The molecule has 0 aliphatic carbocycles. The maximum atomic E-state index is 11.8. The van der Waals surface area contributed by atoms with Gasteiger partial charge in [-0.15, -0.1) is 0 Å². The van der Waals surface area contributed by atoms with E-state index in [1.165, 1.54) is 41.6 Å². The van der Waals surface area contributed by atoms with Crippen LogP contribution in [0.4, 0.5) is 5.69 Å². The minimum atomic E-state index is 0.288. The summed E-state index contributed by atoms with van der Waals surface area (Å²) in [6.07, 6.45) is 6.25. The molecule has 2 aromatic carbocycles. The molecule has 37 heavy (non-hydrogen) atoms. The number of likely N-dealkylation sites (tertiary alicyclic amines) is 1. The summed E-state index contributed by atoms with van der Waals surface area (Å²) < 4.78 is 11.6. The fourth-order valence-corrected chi connectivity index (χ4v) is 6.57. The van der Waals surface area contributed by atoms with E-state index in [9.17, 15) is 4.79 Å². The topological polar surface area (TPSA) is 45.2 Å². The first-order valence-corrected chi connectivity index (χ1v) is 14.2. The van der Waals surface area contributed by atoms with Crippen LogP contribution in [-0.2, 0) is 4.79 Å². The fraction of sp³-hybridized carbons (Fsp3) is 0.567. The summed E-state index contributed by atoms with van der Waals surface area (Å²) in [4.78, 5) is 19.0. The van der Waals surface area contributed by atoms with E-state index in [0.29, 0.717) is 30.1 Å². The number of ether oxygens (including phenoxy) is 2. The van der Waals surface area contributed by atoms with Crippen LogP contribution in [0.25, 0.3) is 0 Å². The van der Waals surface area contributed by atoms with E-state index >= 15 is 0 Å². The number of carbonyl (C=O) groups is 1. The van der Waals surface area contributed by atoms with Crippen molar-refractivity contribution in [2.45, 2.75) is 64.5 Å². The number of piperidine rings is 1. The Kier molecular flexibility index (Phi) is 8.15. The Hall–Kier alpha value is -2.44. The van der Waals surface area contributed by atoms with Crippen molar-refractivity contribution in [3.8, 4) is 11.5 Å². The quantitative estimate of drug-likeness (QED) is 0.409. The SMILES string of the molecule is COc1cc(N2CCN3C(CCC[C@@H]3c3ccc(OCCCN4CCCC4=O)c(C)c3C)C2)ccc1Cl. The lowest BCUT2D eigenvalue weighted by Gasteiger charge is -2.49. The second-order valence-electron chi connectivity index (χ2n) is 10.7. The van der Waals surface area contributed by atoms with Crippen LogP contribution in [0.15, 0.2) is 30.3 Å². The van der Waals surface area contributed by atoms with Gasteiger partial charge in [-0.05, 0) is 80.8 Å². The van der Waals surface area contributed by atoms with Crippen molar-refractivity contribution in [3.63, 3.8) is 0 Å². The van der Waals surface area contributed by atoms with Gasteiger partial charge in [-0.2, -0.15) is 0 Å². The number of carbonyl (C=O) groups excluding carboxylic acids is 1. The number of hydrogen-bond acceptors (Lipinski definition) is 5. The Bertz CT molecular complexity index is 1120. The molecule has 0 bridgehead atoms. The average Bonchev–Trinajstić information content (AvgIpc) is 3.33. The number of hydrogen-bond donors (Lipinski definition) is 0. The van der Waals surface area contributed by atoms with Gasteiger partial charge in [-0.3, -0.25) is 9.69 Å². The molecule has 3 heterocycles. The van der Waals surface area contributed by atoms with Gasteiger partial charge in [0.1, 0.15) is 11.5 Å². The third-order valence-corrected chi connectivity index (χ3v) is 8.90. The van der Waals surface area contributed by atoms with Crippen molar-refractivity contribution < 1.29 is 14.3 Å². The lowest BCUT2D eigenvalue weighted by atomic mass is 9.86. The molecule has 1 unspecified atom stereocenters. The normalized spacial score (nSPS) is 22.3. The lowest BCUT2D eigenvalue weighted by molar-refractivity contribution is -0.127. The number of amides is 1. The van der Waals surface area contributed by atoms with E-state index in [1.807, 2.05) is 11.0 Å². The van der Waals surface area contributed by atoms with Crippen molar-refractivity contribution in [2.75, 3.05) is 51.3 Å². The molecule has 1 amide bonds. The number of methoxy groups -OCH3 is 1. The van der Waals surface area contributed by atoms with Gasteiger partial charge in [0.15, 0.2) is 0 Å². The molecule has 2 aromatic rings. The second kappa shape index (κ2) is 11.5. The number of rotatable bonds is 8. The second-order valence-corrected chi connectivity index (χ2v) is 11.1. The molecular formula is C30H40ClN3O3. The van der Waals surface area contributed by atoms with Crippen LogP contribution in [0.2, 0.25) is 5.02 Å². The number of piperazine rings is 1. The maximum Gasteiger partial charge on any atom is 0.222 e. The summed E-state index contributed by atoms with van der Waals surface area (Å²) >= 11 is 6.26. The van der Waals surface area contributed by atoms with Crippen LogP contribution >= 0.6 is 11.6 Å². The monoisotopic (exact) mass is 525 g/mol. The fourth-order valence-electron chi connectivity index (χ4n) is 6.38. The van der Waals surface area contributed by atoms with Crippen molar-refractivity contribution in [2.24, 2.45) is 0 Å². The highest BCUT2D eigenvalue weighted by Crippen LogP contribution is 2.40. The molecule has 3 fully saturated rings. The summed E-state index contributed by atoms with van der Waals surface area (Å²) in [6, 6.07) is 11.6. The van der Waals surface area contributed by atoms with Gasteiger partial charge in [0.05, 0.1) is 18.7 Å². The van der Waals surface area contributed by atoms with Gasteiger partial charge < -0.3 is 19.3 Å². The molecule has 7 heteroatoms. The number of nitrogens with zero attached hydrogens (tertiary/aromatic N) is 3. The van der Waals surface area contributed by atoms with Crippen LogP contribution in [0.3, 0.4) is 0 Å². The molecular weight excluding hydrogens is 486 g/mol. The van der Waals surface area contributed by atoms with Crippen molar-refractivity contribution in [3.05, 3.63) is 52.0 Å². The Balaban J connectivity index is 1.22. The highest BCUT2D eigenvalue weighted by atomic mass is 35.5. The maximum absolute atomic E-state index is 11.8. The van der Waals surface area contributed by atoms with E-state index in [-0.39, 0.29) is 5.91 Å². The highest BCUT2D eigenvalue weighted by molar-refractivity contribution is 6.32. The predicted octanol–water partition coefficient (Wildman–Crippen LogP) is 5.77. The van der Waals surface area contributed by atoms with Crippen molar-refractivity contribution >= 4 is 23.2 Å². The van der Waals surface area contributed by atoms with Gasteiger partial charge in [0.2, 0.25) is 5.91 Å². The van der Waals surface area contributed by atoms with Crippen LogP contribution in [-0.4, -0.2) is 68.2 Å². The van der Waals surface area contributed by atoms with E-state index in [2.05, 4.69) is 47.9 Å². The van der Waals surface area contributed by atoms with Crippen LogP contribution in [0, 0.1) is 13.8 Å². The van der Waals surface area contributed by atoms with Gasteiger partial charge in [-0.1, -0.05) is 17.7 Å². The molecule has 0 radical (unpaired) electrons. The Morgan fingerprint density at radius 1 is 1.00 bits per heavy atom. The van der Waals surface area contributed by atoms with E-state index in [4.69, 9.17) is 21.1 Å². The number of halogens is 1. The predicted molar refractivity (Wildman–Crippen MR) is 149 cm³/mol. The number of fused-ring (bicyclic) bond motifs is 1. The zero-order valence-corrected chi connectivity index (χ0v) is 23.2. The third-order valence-electron chi connectivity index (χ3n) is 8.58. The molecule has 0 N–H and O–H groups in total. The Morgan fingerprint density at radius 3 is 2.65 bits per heavy atom. The zero-order valence-electron chi connectivity index (χ0n) is 22.5. The smallest absolute Gasteiger partial charge is 0.222 e. The molecule has 6 nitrogen and oxygen atoms in total. The van der Waals surface area contributed by atoms with Gasteiger partial charge in [0, 0.05) is 63.0 Å². The molecule has 5 rings (SSSR count). The van der Waals surface area contributed by atoms with Crippen LogP contribution in [0.1, 0.15) is 61.3 Å². The minimum Gasteiger partial charge on any atom is -0.495 e. The molecule has 0 aromatic heterocycles. The standard InChI is InChI=1S/C30H40ClN3O3/c1-21-22(2)28(37-18-6-15-32-14-5-9-30(32)35)13-11-25(21)27-8-4-7-24-20-33(16-17-34(24)27)23-10-12-26(31)29(19-23)36-3/h10-13,19,24,27H,4-9,14-18,20H2,1-3H3/t24?,27-/m1/s1. The molecule has 200 valence electrons. The average molecular weight is 526 g/mol. The van der Waals surface area contributed by atoms with Crippen LogP contribution < -0.4 is 14.4 Å². The van der Waals surface area contributed by atoms with Crippen LogP contribution in [0.5, 0.6) is 11.5 Å². The lowest BCUT2D eigenvalue weighted by Crippen LogP contribution is -2.56. The highest BCUT2D eigenvalue weighted by Gasteiger charge is 2.36. The molecule has 3 aliphatic rings.